The van der Waals surface area contributed by atoms with Crippen molar-refractivity contribution in [2.24, 2.45) is 0 Å². The SMILES string of the molecule is CC1(C)c2cc(-c3cccc4c3n3c5ccccc5c5ccc6c7ccccc7n4c6c53)ccc2-c2ccc(N(c3ccccc3)c3ccc4c(c3)sc3ccccc34)cc21. The summed E-state index contributed by atoms with van der Waals surface area (Å²) in [6.07, 6.45) is 0. The van der Waals surface area contributed by atoms with Crippen LogP contribution in [0.2, 0.25) is 0 Å². The predicted octanol–water partition coefficient (Wildman–Crippen LogP) is 16.1. The van der Waals surface area contributed by atoms with Gasteiger partial charge in [-0.15, -0.1) is 11.3 Å². The third kappa shape index (κ3) is 4.37. The van der Waals surface area contributed by atoms with E-state index in [1.165, 1.54) is 108 Å². The van der Waals surface area contributed by atoms with Gasteiger partial charge >= 0.3 is 0 Å². The Kier molecular flexibility index (Phi) is 6.51. The third-order valence-electron chi connectivity index (χ3n) is 13.8. The van der Waals surface area contributed by atoms with Crippen molar-refractivity contribution in [2.45, 2.75) is 19.3 Å². The number of anilines is 3. The molecule has 9 aromatic carbocycles. The highest BCUT2D eigenvalue weighted by atomic mass is 32.1. The van der Waals surface area contributed by atoms with Gasteiger partial charge in [0.25, 0.3) is 0 Å². The zero-order valence-electron chi connectivity index (χ0n) is 33.6. The number of fused-ring (bicyclic) bond motifs is 15. The minimum absolute atomic E-state index is 0.230. The monoisotopic (exact) mass is 795 g/mol. The fraction of sp³-hybridized carbons (Fsp3) is 0.0526. The molecule has 3 nitrogen and oxygen atoms in total. The van der Waals surface area contributed by atoms with Crippen molar-refractivity contribution < 1.29 is 0 Å². The smallest absolute Gasteiger partial charge is 0.0789 e. The van der Waals surface area contributed by atoms with Gasteiger partial charge in [-0.05, 0) is 94.5 Å². The molecule has 0 bridgehead atoms. The van der Waals surface area contributed by atoms with Crippen LogP contribution in [-0.4, -0.2) is 8.80 Å². The molecule has 286 valence electrons. The minimum Gasteiger partial charge on any atom is -0.310 e. The van der Waals surface area contributed by atoms with Crippen LogP contribution in [0.5, 0.6) is 0 Å². The van der Waals surface area contributed by atoms with Crippen molar-refractivity contribution in [3.63, 3.8) is 0 Å². The van der Waals surface area contributed by atoms with Crippen molar-refractivity contribution in [2.75, 3.05) is 4.90 Å². The second-order valence-electron chi connectivity index (χ2n) is 17.3. The van der Waals surface area contributed by atoms with Crippen LogP contribution in [0.15, 0.2) is 188 Å². The molecule has 0 aliphatic heterocycles. The van der Waals surface area contributed by atoms with Crippen LogP contribution in [0.3, 0.4) is 0 Å². The Morgan fingerprint density at radius 3 is 1.74 bits per heavy atom. The summed E-state index contributed by atoms with van der Waals surface area (Å²) >= 11 is 1.87. The molecule has 61 heavy (non-hydrogen) atoms. The highest BCUT2D eigenvalue weighted by Gasteiger charge is 2.37. The maximum absolute atomic E-state index is 2.56. The molecule has 0 amide bonds. The van der Waals surface area contributed by atoms with Gasteiger partial charge in [-0.2, -0.15) is 0 Å². The normalized spacial score (nSPS) is 13.5. The molecule has 13 aromatic rings. The molecule has 4 aromatic heterocycles. The number of hydrogen-bond acceptors (Lipinski definition) is 2. The van der Waals surface area contributed by atoms with E-state index in [4.69, 9.17) is 0 Å². The predicted molar refractivity (Wildman–Crippen MR) is 260 cm³/mol. The molecule has 1 aliphatic rings. The van der Waals surface area contributed by atoms with Gasteiger partial charge in [0.1, 0.15) is 0 Å². The summed E-state index contributed by atoms with van der Waals surface area (Å²) in [6.45, 7) is 4.81. The molecule has 1 aliphatic carbocycles. The summed E-state index contributed by atoms with van der Waals surface area (Å²) in [5.41, 5.74) is 18.6. The van der Waals surface area contributed by atoms with Crippen LogP contribution in [0.1, 0.15) is 25.0 Å². The molecule has 0 saturated carbocycles. The lowest BCUT2D eigenvalue weighted by molar-refractivity contribution is 0.660. The van der Waals surface area contributed by atoms with E-state index >= 15 is 0 Å². The molecule has 0 N–H and O–H groups in total. The number of para-hydroxylation sites is 4. The molecule has 4 heterocycles. The number of hydrogen-bond donors (Lipinski definition) is 0. The molecule has 4 heteroatoms. The van der Waals surface area contributed by atoms with Gasteiger partial charge in [-0.1, -0.05) is 135 Å². The Labute approximate surface area is 355 Å². The number of nitrogens with zero attached hydrogens (tertiary/aromatic N) is 3. The summed E-state index contributed by atoms with van der Waals surface area (Å²) in [7, 11) is 0. The molecule has 0 radical (unpaired) electrons. The Morgan fingerprint density at radius 1 is 0.377 bits per heavy atom. The summed E-state index contributed by atoms with van der Waals surface area (Å²) in [6, 6.07) is 70.2. The fourth-order valence-electron chi connectivity index (χ4n) is 11.1. The summed E-state index contributed by atoms with van der Waals surface area (Å²) in [5, 5.41) is 7.80. The largest absolute Gasteiger partial charge is 0.310 e. The molecule has 0 unspecified atom stereocenters. The van der Waals surface area contributed by atoms with Crippen molar-refractivity contribution in [1.82, 2.24) is 8.80 Å². The topological polar surface area (TPSA) is 12.1 Å². The second kappa shape index (κ2) is 11.9. The Hall–Kier alpha value is -7.40. The van der Waals surface area contributed by atoms with E-state index in [0.717, 1.165) is 17.1 Å². The van der Waals surface area contributed by atoms with Crippen molar-refractivity contribution in [3.05, 3.63) is 199 Å². The standard InChI is InChI=1S/C57H37N3S/c1-57(2)47-31-34(38-18-12-21-51-54(38)60-50-20-10-7-16-42(50)46-30-29-45-41-15-6-9-19-49(41)59(51)55(45)56(46)60)23-26-39(47)40-27-24-36(32-48(40)57)58(35-13-4-3-5-14-35)37-25-28-44-43-17-8-11-22-52(43)61-53(44)33-37/h3-33H,1-2H3. The third-order valence-corrected chi connectivity index (χ3v) is 14.9. The zero-order chi connectivity index (χ0) is 40.1. The summed E-state index contributed by atoms with van der Waals surface area (Å²) < 4.78 is 7.71. The van der Waals surface area contributed by atoms with Gasteiger partial charge < -0.3 is 13.7 Å². The number of thiophene rings is 1. The van der Waals surface area contributed by atoms with E-state index < -0.39 is 0 Å². The van der Waals surface area contributed by atoms with E-state index in [1.54, 1.807) is 0 Å². The Morgan fingerprint density at radius 2 is 0.951 bits per heavy atom. The van der Waals surface area contributed by atoms with Gasteiger partial charge in [0.15, 0.2) is 0 Å². The first-order chi connectivity index (χ1) is 30.0. The van der Waals surface area contributed by atoms with Crippen LogP contribution in [0, 0.1) is 0 Å². The summed E-state index contributed by atoms with van der Waals surface area (Å²) in [5.74, 6) is 0. The first kappa shape index (κ1) is 33.4. The van der Waals surface area contributed by atoms with Crippen LogP contribution >= 0.6 is 11.3 Å². The van der Waals surface area contributed by atoms with E-state index in [0.29, 0.717) is 0 Å². The molecule has 0 atom stereocenters. The highest BCUT2D eigenvalue weighted by molar-refractivity contribution is 7.25. The fourth-order valence-corrected chi connectivity index (χ4v) is 12.2. The first-order valence-electron chi connectivity index (χ1n) is 21.2. The van der Waals surface area contributed by atoms with E-state index in [2.05, 4.69) is 216 Å². The molecule has 14 rings (SSSR count). The Bertz CT molecular complexity index is 3970. The minimum atomic E-state index is -0.230. The second-order valence-corrected chi connectivity index (χ2v) is 18.4. The quantitative estimate of drug-likeness (QED) is 0.162. The number of benzene rings is 9. The highest BCUT2D eigenvalue weighted by Crippen LogP contribution is 2.53. The summed E-state index contributed by atoms with van der Waals surface area (Å²) in [4.78, 5) is 2.42. The lowest BCUT2D eigenvalue weighted by Crippen LogP contribution is -2.16. The Balaban J connectivity index is 0.959. The van der Waals surface area contributed by atoms with Crippen molar-refractivity contribution in [1.29, 1.82) is 0 Å². The molecule has 0 fully saturated rings. The van der Waals surface area contributed by atoms with Gasteiger partial charge in [-0.25, -0.2) is 0 Å². The van der Waals surface area contributed by atoms with E-state index in [1.807, 2.05) is 11.3 Å². The van der Waals surface area contributed by atoms with Crippen molar-refractivity contribution >= 4 is 103 Å². The van der Waals surface area contributed by atoms with Gasteiger partial charge in [0.05, 0.1) is 33.1 Å². The molecule has 0 spiro atoms. The molecular formula is C57H37N3S. The lowest BCUT2D eigenvalue weighted by atomic mass is 9.81. The first-order valence-corrected chi connectivity index (χ1v) is 22.0. The van der Waals surface area contributed by atoms with E-state index in [-0.39, 0.29) is 5.41 Å². The van der Waals surface area contributed by atoms with Crippen LogP contribution in [0.4, 0.5) is 17.1 Å². The van der Waals surface area contributed by atoms with Gasteiger partial charge in [0.2, 0.25) is 0 Å². The van der Waals surface area contributed by atoms with Crippen molar-refractivity contribution in [3.8, 4) is 22.3 Å². The molecule has 0 saturated heterocycles. The van der Waals surface area contributed by atoms with Gasteiger partial charge in [0, 0.05) is 69.8 Å². The maximum atomic E-state index is 2.56. The van der Waals surface area contributed by atoms with Crippen LogP contribution in [-0.2, 0) is 5.41 Å². The molecular weight excluding hydrogens is 759 g/mol. The van der Waals surface area contributed by atoms with Gasteiger partial charge in [-0.3, -0.25) is 0 Å². The average molecular weight is 796 g/mol. The van der Waals surface area contributed by atoms with E-state index in [9.17, 15) is 0 Å². The lowest BCUT2D eigenvalue weighted by Gasteiger charge is -2.28. The van der Waals surface area contributed by atoms with Crippen LogP contribution in [0.25, 0.3) is 97.1 Å². The average Bonchev–Trinajstić information content (AvgIpc) is 4.02. The maximum Gasteiger partial charge on any atom is 0.0789 e. The number of rotatable bonds is 4. The van der Waals surface area contributed by atoms with Crippen LogP contribution < -0.4 is 4.90 Å². The zero-order valence-corrected chi connectivity index (χ0v) is 34.5. The number of aromatic nitrogens is 2.